The van der Waals surface area contributed by atoms with E-state index in [-0.39, 0.29) is 11.3 Å². The Bertz CT molecular complexity index is 1050. The summed E-state index contributed by atoms with van der Waals surface area (Å²) in [5, 5.41) is 2.57. The van der Waals surface area contributed by atoms with E-state index in [2.05, 4.69) is 16.2 Å². The van der Waals surface area contributed by atoms with E-state index in [0.29, 0.717) is 16.9 Å². The van der Waals surface area contributed by atoms with Gasteiger partial charge in [0.05, 0.1) is 17.6 Å². The first kappa shape index (κ1) is 18.3. The van der Waals surface area contributed by atoms with E-state index >= 15 is 0 Å². The summed E-state index contributed by atoms with van der Waals surface area (Å²) in [5.41, 5.74) is 0.725. The molecule has 0 radical (unpaired) electrons. The van der Waals surface area contributed by atoms with Crippen LogP contribution in [0.15, 0.2) is 55.0 Å². The second-order valence-corrected chi connectivity index (χ2v) is 5.87. The van der Waals surface area contributed by atoms with Gasteiger partial charge in [-0.05, 0) is 43.3 Å². The van der Waals surface area contributed by atoms with Crippen LogP contribution in [0.4, 0.5) is 18.9 Å². The summed E-state index contributed by atoms with van der Waals surface area (Å²) in [6.07, 6.45) is 3.69. The summed E-state index contributed by atoms with van der Waals surface area (Å²) in [5.74, 6) is 1.76. The number of hydrogen-bond donors (Lipinski definition) is 1. The predicted molar refractivity (Wildman–Crippen MR) is 95.6 cm³/mol. The van der Waals surface area contributed by atoms with Crippen molar-refractivity contribution in [3.8, 4) is 18.0 Å². The molecule has 1 aromatic heterocycles. The van der Waals surface area contributed by atoms with Crippen LogP contribution < -0.4 is 5.32 Å². The lowest BCUT2D eigenvalue weighted by molar-refractivity contribution is -0.137. The van der Waals surface area contributed by atoms with Gasteiger partial charge in [0.25, 0.3) is 5.91 Å². The molecule has 0 atom stereocenters. The second kappa shape index (κ2) is 7.00. The number of aromatic nitrogens is 2. The molecule has 3 aromatic rings. The van der Waals surface area contributed by atoms with E-state index in [1.807, 2.05) is 0 Å². The first-order valence-electron chi connectivity index (χ1n) is 7.87. The lowest BCUT2D eigenvalue weighted by Crippen LogP contribution is -2.15. The lowest BCUT2D eigenvalue weighted by atomic mass is 10.1. The van der Waals surface area contributed by atoms with Crippen molar-refractivity contribution in [3.05, 3.63) is 77.4 Å². The van der Waals surface area contributed by atoms with Crippen LogP contribution in [0.2, 0.25) is 0 Å². The number of alkyl halides is 3. The van der Waals surface area contributed by atoms with E-state index in [1.165, 1.54) is 17.0 Å². The SMILES string of the molecule is C#Cc1cccc(NC(=O)c2cc(-n3cnc(C)c3)cc(C(F)(F)F)c2)c1. The predicted octanol–water partition coefficient (Wildman–Crippen LogP) is 4.43. The Hall–Kier alpha value is -3.53. The maximum atomic E-state index is 13.3. The van der Waals surface area contributed by atoms with E-state index in [9.17, 15) is 18.0 Å². The molecule has 0 aliphatic carbocycles. The highest BCUT2D eigenvalue weighted by atomic mass is 19.4. The molecule has 0 saturated heterocycles. The minimum atomic E-state index is -4.59. The summed E-state index contributed by atoms with van der Waals surface area (Å²) in [7, 11) is 0. The van der Waals surface area contributed by atoms with Crippen molar-refractivity contribution in [3.63, 3.8) is 0 Å². The molecule has 0 aliphatic heterocycles. The Morgan fingerprint density at radius 3 is 2.63 bits per heavy atom. The fourth-order valence-corrected chi connectivity index (χ4v) is 2.51. The highest BCUT2D eigenvalue weighted by Crippen LogP contribution is 2.32. The zero-order valence-corrected chi connectivity index (χ0v) is 14.2. The number of rotatable bonds is 3. The summed E-state index contributed by atoms with van der Waals surface area (Å²) in [6, 6.07) is 9.65. The van der Waals surface area contributed by atoms with E-state index < -0.39 is 17.6 Å². The molecule has 1 heterocycles. The molecular formula is C20H14F3N3O. The number of nitrogens with one attached hydrogen (secondary N) is 1. The van der Waals surface area contributed by atoms with Crippen LogP contribution in [0.25, 0.3) is 5.69 Å². The molecule has 27 heavy (non-hydrogen) atoms. The topological polar surface area (TPSA) is 46.9 Å². The highest BCUT2D eigenvalue weighted by Gasteiger charge is 2.32. The number of amides is 1. The summed E-state index contributed by atoms with van der Waals surface area (Å²) in [4.78, 5) is 16.5. The molecule has 2 aromatic carbocycles. The molecule has 1 amide bonds. The van der Waals surface area contributed by atoms with Crippen molar-refractivity contribution >= 4 is 11.6 Å². The number of aryl methyl sites for hydroxylation is 1. The Balaban J connectivity index is 2.00. The monoisotopic (exact) mass is 369 g/mol. The van der Waals surface area contributed by atoms with Crippen molar-refractivity contribution in [2.75, 3.05) is 5.32 Å². The van der Waals surface area contributed by atoms with Crippen LogP contribution in [0.3, 0.4) is 0 Å². The average molecular weight is 369 g/mol. The van der Waals surface area contributed by atoms with Gasteiger partial charge in [0.1, 0.15) is 0 Å². The molecule has 0 spiro atoms. The van der Waals surface area contributed by atoms with Gasteiger partial charge in [0.15, 0.2) is 0 Å². The summed E-state index contributed by atoms with van der Waals surface area (Å²) < 4.78 is 41.3. The lowest BCUT2D eigenvalue weighted by Gasteiger charge is -2.13. The molecule has 4 nitrogen and oxygen atoms in total. The molecule has 136 valence electrons. The van der Waals surface area contributed by atoms with Crippen LogP contribution in [-0.4, -0.2) is 15.5 Å². The number of nitrogens with zero attached hydrogens (tertiary/aromatic N) is 2. The number of anilines is 1. The standard InChI is InChI=1S/C20H14F3N3O/c1-3-14-5-4-6-17(7-14)25-19(27)15-8-16(20(21,22)23)10-18(9-15)26-11-13(2)24-12-26/h1,4-12H,2H3,(H,25,27). The Morgan fingerprint density at radius 2 is 2.00 bits per heavy atom. The first-order valence-corrected chi connectivity index (χ1v) is 7.87. The molecule has 0 fully saturated rings. The second-order valence-electron chi connectivity index (χ2n) is 5.87. The number of benzene rings is 2. The first-order chi connectivity index (χ1) is 12.8. The average Bonchev–Trinajstić information content (AvgIpc) is 3.07. The van der Waals surface area contributed by atoms with E-state index in [0.717, 1.165) is 12.1 Å². The van der Waals surface area contributed by atoms with Crippen LogP contribution in [0.5, 0.6) is 0 Å². The maximum absolute atomic E-state index is 13.3. The van der Waals surface area contributed by atoms with Gasteiger partial charge in [-0.1, -0.05) is 12.0 Å². The fourth-order valence-electron chi connectivity index (χ4n) is 2.51. The van der Waals surface area contributed by atoms with E-state index in [4.69, 9.17) is 6.42 Å². The van der Waals surface area contributed by atoms with Gasteiger partial charge in [-0.15, -0.1) is 6.42 Å². The molecule has 0 bridgehead atoms. The highest BCUT2D eigenvalue weighted by molar-refractivity contribution is 6.04. The van der Waals surface area contributed by atoms with Gasteiger partial charge in [0.2, 0.25) is 0 Å². The van der Waals surface area contributed by atoms with Gasteiger partial charge in [-0.25, -0.2) is 4.98 Å². The zero-order valence-electron chi connectivity index (χ0n) is 14.2. The van der Waals surface area contributed by atoms with Gasteiger partial charge >= 0.3 is 6.18 Å². The quantitative estimate of drug-likeness (QED) is 0.694. The number of terminal acetylenes is 1. The molecule has 0 unspecified atom stereocenters. The Kier molecular flexibility index (Phi) is 4.74. The largest absolute Gasteiger partial charge is 0.416 e. The van der Waals surface area contributed by atoms with Crippen LogP contribution >= 0.6 is 0 Å². The Morgan fingerprint density at radius 1 is 1.22 bits per heavy atom. The third kappa shape index (κ3) is 4.18. The van der Waals surface area contributed by atoms with Gasteiger partial charge in [-0.3, -0.25) is 4.79 Å². The van der Waals surface area contributed by atoms with Crippen molar-refractivity contribution in [1.82, 2.24) is 9.55 Å². The molecule has 0 aliphatic rings. The molecule has 0 saturated carbocycles. The molecule has 1 N–H and O–H groups in total. The normalized spacial score (nSPS) is 11.1. The third-order valence-corrected chi connectivity index (χ3v) is 3.80. The fraction of sp³-hybridized carbons (Fsp3) is 0.100. The minimum absolute atomic E-state index is 0.128. The minimum Gasteiger partial charge on any atom is -0.322 e. The van der Waals surface area contributed by atoms with Crippen molar-refractivity contribution < 1.29 is 18.0 Å². The smallest absolute Gasteiger partial charge is 0.322 e. The van der Waals surface area contributed by atoms with Crippen molar-refractivity contribution in [2.45, 2.75) is 13.1 Å². The third-order valence-electron chi connectivity index (χ3n) is 3.80. The van der Waals surface area contributed by atoms with Crippen molar-refractivity contribution in [2.24, 2.45) is 0 Å². The van der Waals surface area contributed by atoms with Gasteiger partial charge in [-0.2, -0.15) is 13.2 Å². The van der Waals surface area contributed by atoms with Crippen LogP contribution in [0, 0.1) is 19.3 Å². The zero-order chi connectivity index (χ0) is 19.6. The number of imidazole rings is 1. The number of carbonyl (C=O) groups excluding carboxylic acids is 1. The molecule has 7 heteroatoms. The molecular weight excluding hydrogens is 355 g/mol. The maximum Gasteiger partial charge on any atom is 0.416 e. The van der Waals surface area contributed by atoms with E-state index in [1.54, 1.807) is 37.4 Å². The summed E-state index contributed by atoms with van der Waals surface area (Å²) in [6.45, 7) is 1.72. The number of halogens is 3. The van der Waals surface area contributed by atoms with Gasteiger partial charge < -0.3 is 9.88 Å². The Labute approximate surface area is 153 Å². The van der Waals surface area contributed by atoms with Crippen LogP contribution in [0.1, 0.15) is 27.2 Å². The summed E-state index contributed by atoms with van der Waals surface area (Å²) >= 11 is 0. The van der Waals surface area contributed by atoms with Crippen molar-refractivity contribution in [1.29, 1.82) is 0 Å². The van der Waals surface area contributed by atoms with Crippen LogP contribution in [-0.2, 0) is 6.18 Å². The van der Waals surface area contributed by atoms with Gasteiger partial charge in [0, 0.05) is 28.7 Å². The molecule has 3 rings (SSSR count). The number of hydrogen-bond acceptors (Lipinski definition) is 2. The number of carbonyl (C=O) groups is 1.